The normalized spacial score (nSPS) is 15.5. The van der Waals surface area contributed by atoms with Crippen molar-refractivity contribution >= 4 is 16.6 Å². The predicted octanol–water partition coefficient (Wildman–Crippen LogP) is 0.273. The van der Waals surface area contributed by atoms with Crippen molar-refractivity contribution in [3.05, 3.63) is 45.0 Å². The van der Waals surface area contributed by atoms with Crippen LogP contribution in [0.15, 0.2) is 29.3 Å². The van der Waals surface area contributed by atoms with E-state index in [9.17, 15) is 14.9 Å². The van der Waals surface area contributed by atoms with E-state index in [1.165, 1.54) is 29.2 Å². The summed E-state index contributed by atoms with van der Waals surface area (Å²) in [7, 11) is 0. The third-order valence-corrected chi connectivity index (χ3v) is 3.23. The Kier molecular flexibility index (Phi) is 3.07. The molecule has 1 saturated heterocycles. The fourth-order valence-electron chi connectivity index (χ4n) is 2.18. The van der Waals surface area contributed by atoms with Gasteiger partial charge in [-0.3, -0.25) is 14.9 Å². The van der Waals surface area contributed by atoms with Crippen LogP contribution in [0, 0.1) is 10.1 Å². The van der Waals surface area contributed by atoms with Gasteiger partial charge in [-0.2, -0.15) is 0 Å². The van der Waals surface area contributed by atoms with Gasteiger partial charge in [0.1, 0.15) is 6.33 Å². The van der Waals surface area contributed by atoms with Crippen molar-refractivity contribution in [2.75, 3.05) is 31.3 Å². The largest absolute Gasteiger partial charge is 0.378 e. The van der Waals surface area contributed by atoms with Gasteiger partial charge in [-0.1, -0.05) is 0 Å². The Balaban J connectivity index is 2.13. The summed E-state index contributed by atoms with van der Waals surface area (Å²) in [5.74, 6) is 0. The highest BCUT2D eigenvalue weighted by Gasteiger charge is 2.15. The molecule has 20 heavy (non-hydrogen) atoms. The smallest absolute Gasteiger partial charge is 0.280 e. The van der Waals surface area contributed by atoms with E-state index in [4.69, 9.17) is 4.74 Å². The number of benzene rings is 1. The Labute approximate surface area is 113 Å². The third-order valence-electron chi connectivity index (χ3n) is 3.23. The van der Waals surface area contributed by atoms with Crippen molar-refractivity contribution in [3.63, 3.8) is 0 Å². The molecule has 0 saturated carbocycles. The molecule has 0 bridgehead atoms. The molecule has 8 heteroatoms. The minimum absolute atomic E-state index is 0.115. The summed E-state index contributed by atoms with van der Waals surface area (Å²) in [5.41, 5.74) is 0.0295. The van der Waals surface area contributed by atoms with Crippen LogP contribution in [-0.2, 0) is 4.74 Å². The first-order valence-electron chi connectivity index (χ1n) is 6.15. The zero-order valence-electron chi connectivity index (χ0n) is 10.6. The van der Waals surface area contributed by atoms with Crippen LogP contribution in [0.3, 0.4) is 0 Å². The van der Waals surface area contributed by atoms with Crippen molar-refractivity contribution in [2.45, 2.75) is 0 Å². The van der Waals surface area contributed by atoms with Crippen molar-refractivity contribution in [3.8, 4) is 0 Å². The van der Waals surface area contributed by atoms with E-state index in [0.29, 0.717) is 31.8 Å². The lowest BCUT2D eigenvalue weighted by Gasteiger charge is -2.29. The van der Waals surface area contributed by atoms with Gasteiger partial charge in [-0.15, -0.1) is 0 Å². The van der Waals surface area contributed by atoms with Crippen LogP contribution in [0.5, 0.6) is 0 Å². The third kappa shape index (κ3) is 2.10. The molecule has 3 rings (SSSR count). The second-order valence-corrected chi connectivity index (χ2v) is 4.42. The molecule has 1 fully saturated rings. The van der Waals surface area contributed by atoms with Gasteiger partial charge in [0, 0.05) is 12.1 Å². The molecule has 0 unspecified atom stereocenters. The van der Waals surface area contributed by atoms with E-state index in [1.54, 1.807) is 0 Å². The second kappa shape index (κ2) is 4.89. The predicted molar refractivity (Wildman–Crippen MR) is 71.4 cm³/mol. The number of ether oxygens (including phenoxy) is 1. The molecule has 0 aliphatic carbocycles. The number of hydrogen-bond acceptors (Lipinski definition) is 6. The summed E-state index contributed by atoms with van der Waals surface area (Å²) in [6.45, 7) is 2.25. The fourth-order valence-corrected chi connectivity index (χ4v) is 2.18. The van der Waals surface area contributed by atoms with Crippen LogP contribution < -0.4 is 10.6 Å². The monoisotopic (exact) mass is 276 g/mol. The van der Waals surface area contributed by atoms with Crippen LogP contribution in [0.25, 0.3) is 10.9 Å². The standard InChI is InChI=1S/C12H12N4O4/c17-12-10-7-9(16(18)19)1-2-11(10)13-8-15(12)14-3-5-20-6-4-14/h1-2,7-8H,3-6H2. The lowest BCUT2D eigenvalue weighted by Crippen LogP contribution is -2.48. The lowest BCUT2D eigenvalue weighted by molar-refractivity contribution is -0.384. The SMILES string of the molecule is O=c1c2cc([N+](=O)[O-])ccc2ncn1N1CCOCC1. The zero-order chi connectivity index (χ0) is 14.1. The van der Waals surface area contributed by atoms with Crippen molar-refractivity contribution in [1.82, 2.24) is 9.66 Å². The highest BCUT2D eigenvalue weighted by atomic mass is 16.6. The summed E-state index contributed by atoms with van der Waals surface area (Å²) in [6.07, 6.45) is 1.45. The first-order valence-corrected chi connectivity index (χ1v) is 6.15. The maximum atomic E-state index is 12.4. The summed E-state index contributed by atoms with van der Waals surface area (Å²) in [5, 5.41) is 12.9. The number of nitro groups is 1. The summed E-state index contributed by atoms with van der Waals surface area (Å²) < 4.78 is 6.63. The van der Waals surface area contributed by atoms with Crippen molar-refractivity contribution in [2.24, 2.45) is 0 Å². The lowest BCUT2D eigenvalue weighted by atomic mass is 10.2. The molecule has 1 aromatic carbocycles. The van der Waals surface area contributed by atoms with Gasteiger partial charge in [0.25, 0.3) is 11.2 Å². The maximum absolute atomic E-state index is 12.4. The number of fused-ring (bicyclic) bond motifs is 1. The van der Waals surface area contributed by atoms with Crippen LogP contribution in [0.1, 0.15) is 0 Å². The highest BCUT2D eigenvalue weighted by Crippen LogP contribution is 2.16. The maximum Gasteiger partial charge on any atom is 0.280 e. The van der Waals surface area contributed by atoms with Gasteiger partial charge >= 0.3 is 0 Å². The van der Waals surface area contributed by atoms with Crippen LogP contribution >= 0.6 is 0 Å². The molecule has 2 aromatic rings. The molecule has 0 spiro atoms. The van der Waals surface area contributed by atoms with E-state index in [-0.39, 0.29) is 16.6 Å². The van der Waals surface area contributed by atoms with Crippen LogP contribution in [0.2, 0.25) is 0 Å². The van der Waals surface area contributed by atoms with Crippen molar-refractivity contribution < 1.29 is 9.66 Å². The molecule has 0 amide bonds. The van der Waals surface area contributed by atoms with E-state index < -0.39 is 4.92 Å². The van der Waals surface area contributed by atoms with Gasteiger partial charge < -0.3 is 9.75 Å². The molecule has 2 heterocycles. The fraction of sp³-hybridized carbons (Fsp3) is 0.333. The van der Waals surface area contributed by atoms with E-state index >= 15 is 0 Å². The van der Waals surface area contributed by atoms with E-state index in [0.717, 1.165) is 0 Å². The molecule has 104 valence electrons. The average molecular weight is 276 g/mol. The number of hydrogen-bond donors (Lipinski definition) is 0. The number of non-ortho nitro benzene ring substituents is 1. The number of aromatic nitrogens is 2. The van der Waals surface area contributed by atoms with Gasteiger partial charge in [0.2, 0.25) is 0 Å². The summed E-state index contributed by atoms with van der Waals surface area (Å²) >= 11 is 0. The molecule has 0 N–H and O–H groups in total. The molecule has 0 atom stereocenters. The second-order valence-electron chi connectivity index (χ2n) is 4.42. The molecule has 0 radical (unpaired) electrons. The molecular weight excluding hydrogens is 264 g/mol. The Morgan fingerprint density at radius 1 is 1.30 bits per heavy atom. The molecule has 1 aliphatic rings. The van der Waals surface area contributed by atoms with Crippen molar-refractivity contribution in [1.29, 1.82) is 0 Å². The molecule has 8 nitrogen and oxygen atoms in total. The van der Waals surface area contributed by atoms with Gasteiger partial charge in [-0.25, -0.2) is 9.66 Å². The minimum Gasteiger partial charge on any atom is -0.378 e. The topological polar surface area (TPSA) is 90.5 Å². The quantitative estimate of drug-likeness (QED) is 0.577. The van der Waals surface area contributed by atoms with E-state index in [2.05, 4.69) is 4.98 Å². The molecule has 1 aromatic heterocycles. The molecule has 1 aliphatic heterocycles. The summed E-state index contributed by atoms with van der Waals surface area (Å²) in [6, 6.07) is 4.09. The zero-order valence-corrected chi connectivity index (χ0v) is 10.6. The number of nitrogens with zero attached hydrogens (tertiary/aromatic N) is 4. The number of morpholine rings is 1. The Morgan fingerprint density at radius 3 is 2.75 bits per heavy atom. The van der Waals surface area contributed by atoms with Crippen LogP contribution in [-0.4, -0.2) is 40.9 Å². The highest BCUT2D eigenvalue weighted by molar-refractivity contribution is 5.79. The average Bonchev–Trinajstić information content (AvgIpc) is 2.48. The van der Waals surface area contributed by atoms with E-state index in [1.807, 2.05) is 5.01 Å². The minimum atomic E-state index is -0.523. The Morgan fingerprint density at radius 2 is 2.05 bits per heavy atom. The first kappa shape index (κ1) is 12.5. The Hall–Kier alpha value is -2.48. The van der Waals surface area contributed by atoms with Crippen LogP contribution in [0.4, 0.5) is 5.69 Å². The van der Waals surface area contributed by atoms with Gasteiger partial charge in [-0.05, 0) is 6.07 Å². The Bertz CT molecular complexity index is 721. The summed E-state index contributed by atoms with van der Waals surface area (Å²) in [4.78, 5) is 26.9. The number of nitro benzene ring substituents is 1. The van der Waals surface area contributed by atoms with Gasteiger partial charge in [0.15, 0.2) is 0 Å². The van der Waals surface area contributed by atoms with Gasteiger partial charge in [0.05, 0.1) is 42.1 Å². The number of rotatable bonds is 2. The first-order chi connectivity index (χ1) is 9.66. The molecular formula is C12H12N4O4.